The summed E-state index contributed by atoms with van der Waals surface area (Å²) in [5.74, 6) is 1.08. The molecule has 0 aliphatic carbocycles. The topological polar surface area (TPSA) is 15.6 Å². The van der Waals surface area contributed by atoms with Gasteiger partial charge >= 0.3 is 0 Å². The van der Waals surface area contributed by atoms with Gasteiger partial charge in [0.2, 0.25) is 0 Å². The molecule has 4 aromatic rings. The molecule has 0 fully saturated rings. The molecule has 0 N–H and O–H groups in total. The second-order valence-electron chi connectivity index (χ2n) is 7.57. The fraction of sp³-hybridized carbons (Fsp3) is 0.107. The van der Waals surface area contributed by atoms with Gasteiger partial charge in [0.05, 0.1) is 12.6 Å². The maximum atomic E-state index is 4.90. The molecule has 0 saturated carbocycles. The molecule has 0 unspecified atom stereocenters. The first kappa shape index (κ1) is 18.4. The Morgan fingerprint density at radius 3 is 1.57 bits per heavy atom. The number of rotatable bonds is 5. The van der Waals surface area contributed by atoms with Crippen molar-refractivity contribution in [1.82, 2.24) is 4.90 Å². The van der Waals surface area contributed by atoms with Crippen LogP contribution >= 0.6 is 0 Å². The predicted octanol–water partition coefficient (Wildman–Crippen LogP) is 6.21. The molecule has 2 heteroatoms. The summed E-state index contributed by atoms with van der Waals surface area (Å²) in [7, 11) is 0. The van der Waals surface area contributed by atoms with Crippen molar-refractivity contribution in [3.8, 4) is 11.1 Å². The normalized spacial score (nSPS) is 13.5. The molecule has 4 aromatic carbocycles. The third-order valence-corrected chi connectivity index (χ3v) is 5.67. The maximum Gasteiger partial charge on any atom is 0.131 e. The Kier molecular flexibility index (Phi) is 5.14. The Labute approximate surface area is 178 Å². The van der Waals surface area contributed by atoms with Crippen LogP contribution in [0.4, 0.5) is 0 Å². The standard InChI is InChI=1S/C28H24N2/c1-4-10-22(11-5-1)23-16-18-26(19-17-23)28-29-20-21-30(28)27(24-12-6-2-7-13-24)25-14-8-3-9-15-25/h1-19,27H,20-21H2. The van der Waals surface area contributed by atoms with Crippen LogP contribution in [0.25, 0.3) is 11.1 Å². The fourth-order valence-electron chi connectivity index (χ4n) is 4.23. The van der Waals surface area contributed by atoms with E-state index in [0.717, 1.165) is 18.9 Å². The predicted molar refractivity (Wildman–Crippen MR) is 125 cm³/mol. The van der Waals surface area contributed by atoms with E-state index in [1.54, 1.807) is 0 Å². The number of benzene rings is 4. The van der Waals surface area contributed by atoms with Crippen LogP contribution in [0.15, 0.2) is 120 Å². The summed E-state index contributed by atoms with van der Waals surface area (Å²) < 4.78 is 0. The number of hydrogen-bond donors (Lipinski definition) is 0. The van der Waals surface area contributed by atoms with Crippen molar-refractivity contribution in [3.05, 3.63) is 132 Å². The van der Waals surface area contributed by atoms with E-state index in [-0.39, 0.29) is 6.04 Å². The smallest absolute Gasteiger partial charge is 0.131 e. The van der Waals surface area contributed by atoms with Crippen LogP contribution in [0.3, 0.4) is 0 Å². The van der Waals surface area contributed by atoms with Crippen LogP contribution in [0.1, 0.15) is 22.7 Å². The fourth-order valence-corrected chi connectivity index (χ4v) is 4.23. The lowest BCUT2D eigenvalue weighted by atomic mass is 9.96. The average molecular weight is 389 g/mol. The molecule has 146 valence electrons. The molecule has 0 amide bonds. The summed E-state index contributed by atoms with van der Waals surface area (Å²) in [5.41, 5.74) is 6.22. The second kappa shape index (κ2) is 8.38. The molecule has 0 atom stereocenters. The molecule has 0 radical (unpaired) electrons. The van der Waals surface area contributed by atoms with Gasteiger partial charge in [-0.05, 0) is 22.3 Å². The van der Waals surface area contributed by atoms with Crippen molar-refractivity contribution >= 4 is 5.84 Å². The van der Waals surface area contributed by atoms with Gasteiger partial charge in [-0.3, -0.25) is 4.99 Å². The highest BCUT2D eigenvalue weighted by atomic mass is 15.3. The van der Waals surface area contributed by atoms with Crippen molar-refractivity contribution in [2.24, 2.45) is 4.99 Å². The minimum atomic E-state index is 0.155. The molecule has 1 aliphatic rings. The van der Waals surface area contributed by atoms with E-state index in [2.05, 4.69) is 120 Å². The van der Waals surface area contributed by atoms with E-state index >= 15 is 0 Å². The maximum absolute atomic E-state index is 4.90. The first-order valence-electron chi connectivity index (χ1n) is 10.5. The van der Waals surface area contributed by atoms with Gasteiger partial charge in [-0.25, -0.2) is 0 Å². The molecule has 0 aromatic heterocycles. The molecule has 30 heavy (non-hydrogen) atoms. The summed E-state index contributed by atoms with van der Waals surface area (Å²) in [5, 5.41) is 0. The Balaban J connectivity index is 1.50. The van der Waals surface area contributed by atoms with E-state index in [1.807, 2.05) is 0 Å². The van der Waals surface area contributed by atoms with Crippen LogP contribution < -0.4 is 0 Å². The summed E-state index contributed by atoms with van der Waals surface area (Å²) in [6, 6.07) is 40.9. The summed E-state index contributed by atoms with van der Waals surface area (Å²) in [6.45, 7) is 1.75. The SMILES string of the molecule is c1ccc(-c2ccc(C3=NCCN3C(c3ccccc3)c3ccccc3)cc2)cc1. The molecular weight excluding hydrogens is 364 g/mol. The Morgan fingerprint density at radius 1 is 0.533 bits per heavy atom. The first-order valence-corrected chi connectivity index (χ1v) is 10.5. The van der Waals surface area contributed by atoms with Crippen LogP contribution in [0.5, 0.6) is 0 Å². The van der Waals surface area contributed by atoms with Gasteiger partial charge < -0.3 is 4.90 Å². The first-order chi connectivity index (χ1) is 14.9. The third-order valence-electron chi connectivity index (χ3n) is 5.67. The lowest BCUT2D eigenvalue weighted by Crippen LogP contribution is -2.33. The van der Waals surface area contributed by atoms with Gasteiger partial charge in [0.1, 0.15) is 5.84 Å². The summed E-state index contributed by atoms with van der Waals surface area (Å²) in [4.78, 5) is 7.35. The molecule has 1 heterocycles. The van der Waals surface area contributed by atoms with E-state index in [4.69, 9.17) is 4.99 Å². The average Bonchev–Trinajstić information content (AvgIpc) is 3.31. The van der Waals surface area contributed by atoms with Crippen molar-refractivity contribution in [1.29, 1.82) is 0 Å². The van der Waals surface area contributed by atoms with Crippen LogP contribution in [-0.4, -0.2) is 23.8 Å². The largest absolute Gasteiger partial charge is 0.343 e. The highest BCUT2D eigenvalue weighted by molar-refractivity contribution is 6.00. The van der Waals surface area contributed by atoms with Gasteiger partial charge in [-0.15, -0.1) is 0 Å². The van der Waals surface area contributed by atoms with Crippen molar-refractivity contribution < 1.29 is 0 Å². The van der Waals surface area contributed by atoms with Gasteiger partial charge in [-0.1, -0.05) is 115 Å². The molecule has 0 saturated heterocycles. The number of hydrogen-bond acceptors (Lipinski definition) is 2. The Bertz CT molecular complexity index is 1080. The summed E-state index contributed by atoms with van der Waals surface area (Å²) >= 11 is 0. The zero-order chi connectivity index (χ0) is 20.2. The van der Waals surface area contributed by atoms with Crippen LogP contribution in [-0.2, 0) is 0 Å². The van der Waals surface area contributed by atoms with E-state index in [0.29, 0.717) is 0 Å². The highest BCUT2D eigenvalue weighted by Crippen LogP contribution is 2.32. The van der Waals surface area contributed by atoms with E-state index in [1.165, 1.54) is 27.8 Å². The van der Waals surface area contributed by atoms with E-state index < -0.39 is 0 Å². The molecule has 2 nitrogen and oxygen atoms in total. The number of nitrogens with zero attached hydrogens (tertiary/aromatic N) is 2. The lowest BCUT2D eigenvalue weighted by Gasteiger charge is -2.32. The monoisotopic (exact) mass is 388 g/mol. The van der Waals surface area contributed by atoms with Crippen molar-refractivity contribution in [2.75, 3.05) is 13.1 Å². The minimum Gasteiger partial charge on any atom is -0.343 e. The molecule has 5 rings (SSSR count). The second-order valence-corrected chi connectivity index (χ2v) is 7.57. The molecule has 0 bridgehead atoms. The third kappa shape index (κ3) is 3.65. The number of amidine groups is 1. The van der Waals surface area contributed by atoms with Gasteiger partial charge in [0.25, 0.3) is 0 Å². The lowest BCUT2D eigenvalue weighted by molar-refractivity contribution is 0.389. The van der Waals surface area contributed by atoms with E-state index in [9.17, 15) is 0 Å². The number of aliphatic imine (C=N–C) groups is 1. The minimum absolute atomic E-state index is 0.155. The zero-order valence-corrected chi connectivity index (χ0v) is 16.9. The Morgan fingerprint density at radius 2 is 1.00 bits per heavy atom. The van der Waals surface area contributed by atoms with Gasteiger partial charge in [-0.2, -0.15) is 0 Å². The van der Waals surface area contributed by atoms with Crippen molar-refractivity contribution in [2.45, 2.75) is 6.04 Å². The van der Waals surface area contributed by atoms with Gasteiger partial charge in [0, 0.05) is 12.1 Å². The van der Waals surface area contributed by atoms with Gasteiger partial charge in [0.15, 0.2) is 0 Å². The summed E-state index contributed by atoms with van der Waals surface area (Å²) in [6.07, 6.45) is 0. The Hall–Kier alpha value is -3.65. The molecule has 1 aliphatic heterocycles. The van der Waals surface area contributed by atoms with Crippen molar-refractivity contribution in [3.63, 3.8) is 0 Å². The highest BCUT2D eigenvalue weighted by Gasteiger charge is 2.28. The quantitative estimate of drug-likeness (QED) is 0.397. The van der Waals surface area contributed by atoms with Crippen LogP contribution in [0.2, 0.25) is 0 Å². The molecular formula is C28H24N2. The van der Waals surface area contributed by atoms with Crippen LogP contribution in [0, 0.1) is 0 Å². The molecule has 0 spiro atoms. The zero-order valence-electron chi connectivity index (χ0n) is 16.9.